The molecule has 0 amide bonds. The van der Waals surface area contributed by atoms with Gasteiger partial charge in [-0.15, -0.1) is 0 Å². The summed E-state index contributed by atoms with van der Waals surface area (Å²) >= 11 is 0. The molecule has 0 radical (unpaired) electrons. The van der Waals surface area contributed by atoms with Gasteiger partial charge in [-0.05, 0) is 18.2 Å². The average molecular weight is 579 g/mol. The van der Waals surface area contributed by atoms with Crippen molar-refractivity contribution in [3.63, 3.8) is 0 Å². The molecule has 3 aromatic heterocycles. The topological polar surface area (TPSA) is 104 Å². The van der Waals surface area contributed by atoms with Crippen molar-refractivity contribution in [3.8, 4) is 5.75 Å². The molecule has 0 spiro atoms. The minimum atomic E-state index is -4.62. The van der Waals surface area contributed by atoms with Crippen LogP contribution in [0.2, 0.25) is 25.7 Å². The van der Waals surface area contributed by atoms with Crippen molar-refractivity contribution in [2.75, 3.05) is 50.2 Å². The number of aromatic nitrogens is 6. The molecule has 11 nitrogen and oxygen atoms in total. The van der Waals surface area contributed by atoms with E-state index in [0.29, 0.717) is 50.0 Å². The van der Waals surface area contributed by atoms with Gasteiger partial charge in [0.2, 0.25) is 11.9 Å². The molecule has 1 saturated heterocycles. The maximum absolute atomic E-state index is 13.8. The standard InChI is InChI=1S/C25H33F3N8O3Si/c1-37-17-5-6-20-19(13-17)31-21(35(20)16-39-11-12-40(2,3)4)15-29-23-33-24(34-7-9-38-10-8-34)32-22-18(25(26,27)28)14-30-36(22)23/h5-6,13-14H,7-12,15-16H2,1-4H3,(H,29,32,33). The third-order valence-corrected chi connectivity index (χ3v) is 8.32. The van der Waals surface area contributed by atoms with Crippen LogP contribution in [0.15, 0.2) is 24.4 Å². The summed E-state index contributed by atoms with van der Waals surface area (Å²) in [5.74, 6) is 1.59. The second kappa shape index (κ2) is 11.2. The van der Waals surface area contributed by atoms with Gasteiger partial charge >= 0.3 is 6.18 Å². The van der Waals surface area contributed by atoms with Crippen molar-refractivity contribution in [3.05, 3.63) is 35.8 Å². The van der Waals surface area contributed by atoms with Gasteiger partial charge < -0.3 is 29.0 Å². The smallest absolute Gasteiger partial charge is 0.421 e. The molecule has 0 atom stereocenters. The first kappa shape index (κ1) is 28.1. The maximum atomic E-state index is 13.8. The van der Waals surface area contributed by atoms with E-state index in [-0.39, 0.29) is 30.8 Å². The van der Waals surface area contributed by atoms with Gasteiger partial charge in [-0.1, -0.05) is 19.6 Å². The second-order valence-electron chi connectivity index (χ2n) is 10.8. The lowest BCUT2D eigenvalue weighted by Crippen LogP contribution is -2.37. The lowest BCUT2D eigenvalue weighted by molar-refractivity contribution is -0.136. The number of fused-ring (bicyclic) bond motifs is 2. The first-order valence-electron chi connectivity index (χ1n) is 13.0. The first-order valence-corrected chi connectivity index (χ1v) is 16.7. The number of ether oxygens (including phenoxy) is 3. The number of halogens is 3. The van der Waals surface area contributed by atoms with Crippen molar-refractivity contribution in [1.29, 1.82) is 0 Å². The molecule has 0 aliphatic carbocycles. The molecule has 4 heterocycles. The first-order chi connectivity index (χ1) is 19.0. The van der Waals surface area contributed by atoms with Crippen LogP contribution in [-0.2, 0) is 28.9 Å². The van der Waals surface area contributed by atoms with Crippen molar-refractivity contribution in [2.45, 2.75) is 45.1 Å². The van der Waals surface area contributed by atoms with E-state index in [2.05, 4.69) is 40.0 Å². The summed E-state index contributed by atoms with van der Waals surface area (Å²) in [6, 6.07) is 6.62. The summed E-state index contributed by atoms with van der Waals surface area (Å²) in [5.41, 5.74) is 0.318. The predicted molar refractivity (Wildman–Crippen MR) is 147 cm³/mol. The summed E-state index contributed by atoms with van der Waals surface area (Å²) in [4.78, 5) is 15.3. The predicted octanol–water partition coefficient (Wildman–Crippen LogP) is 4.26. The summed E-state index contributed by atoms with van der Waals surface area (Å²) in [7, 11) is 0.319. The summed E-state index contributed by atoms with van der Waals surface area (Å²) in [6.07, 6.45) is -3.85. The number of rotatable bonds is 10. The highest BCUT2D eigenvalue weighted by atomic mass is 28.3. The molecular weight excluding hydrogens is 545 g/mol. The lowest BCUT2D eigenvalue weighted by Gasteiger charge is -2.27. The molecule has 40 heavy (non-hydrogen) atoms. The average Bonchev–Trinajstić information content (AvgIpc) is 3.50. The van der Waals surface area contributed by atoms with E-state index in [9.17, 15) is 13.2 Å². The Bertz CT molecular complexity index is 1480. The highest BCUT2D eigenvalue weighted by molar-refractivity contribution is 6.76. The van der Waals surface area contributed by atoms with Gasteiger partial charge in [0.25, 0.3) is 0 Å². The van der Waals surface area contributed by atoms with Gasteiger partial charge in [0, 0.05) is 33.8 Å². The number of nitrogens with zero attached hydrogens (tertiary/aromatic N) is 7. The molecule has 0 unspecified atom stereocenters. The van der Waals surface area contributed by atoms with E-state index in [0.717, 1.165) is 22.3 Å². The molecule has 4 aromatic rings. The number of morpholine rings is 1. The van der Waals surface area contributed by atoms with E-state index in [1.165, 1.54) is 0 Å². The van der Waals surface area contributed by atoms with Crippen LogP contribution in [0.25, 0.3) is 16.7 Å². The normalized spacial score (nSPS) is 14.8. The molecule has 0 saturated carbocycles. The van der Waals surface area contributed by atoms with Gasteiger partial charge in [-0.25, -0.2) is 4.98 Å². The quantitative estimate of drug-likeness (QED) is 0.218. The molecule has 5 rings (SSSR count). The fraction of sp³-hybridized carbons (Fsp3) is 0.520. The Morgan fingerprint density at radius 2 is 1.88 bits per heavy atom. The zero-order valence-electron chi connectivity index (χ0n) is 23.0. The van der Waals surface area contributed by atoms with Crippen LogP contribution in [0, 0.1) is 0 Å². The van der Waals surface area contributed by atoms with Crippen LogP contribution in [0.5, 0.6) is 5.75 Å². The van der Waals surface area contributed by atoms with Gasteiger partial charge in [0.05, 0.1) is 44.1 Å². The number of nitrogens with one attached hydrogen (secondary N) is 1. The van der Waals surface area contributed by atoms with Gasteiger partial charge in [0.15, 0.2) is 5.65 Å². The Morgan fingerprint density at radius 1 is 1.10 bits per heavy atom. The van der Waals surface area contributed by atoms with E-state index in [1.54, 1.807) is 12.0 Å². The molecule has 1 fully saturated rings. The molecule has 15 heteroatoms. The molecule has 0 bridgehead atoms. The number of hydrogen-bond acceptors (Lipinski definition) is 9. The van der Waals surface area contributed by atoms with E-state index < -0.39 is 19.8 Å². The highest BCUT2D eigenvalue weighted by Gasteiger charge is 2.36. The fourth-order valence-electron chi connectivity index (χ4n) is 4.34. The van der Waals surface area contributed by atoms with Crippen molar-refractivity contribution in [2.24, 2.45) is 0 Å². The zero-order valence-corrected chi connectivity index (χ0v) is 24.0. The van der Waals surface area contributed by atoms with Crippen molar-refractivity contribution in [1.82, 2.24) is 29.1 Å². The van der Waals surface area contributed by atoms with Crippen LogP contribution < -0.4 is 15.0 Å². The highest BCUT2D eigenvalue weighted by Crippen LogP contribution is 2.33. The summed E-state index contributed by atoms with van der Waals surface area (Å²) < 4.78 is 61.1. The monoisotopic (exact) mass is 578 g/mol. The number of alkyl halides is 3. The van der Waals surface area contributed by atoms with E-state index >= 15 is 0 Å². The number of methoxy groups -OCH3 is 1. The molecule has 1 aliphatic rings. The van der Waals surface area contributed by atoms with E-state index in [4.69, 9.17) is 19.2 Å². The fourth-order valence-corrected chi connectivity index (χ4v) is 5.10. The number of anilines is 2. The van der Waals surface area contributed by atoms with Crippen LogP contribution in [0.3, 0.4) is 0 Å². The number of imidazole rings is 1. The minimum absolute atomic E-state index is 0.123. The maximum Gasteiger partial charge on any atom is 0.421 e. The Labute approximate surface area is 230 Å². The Kier molecular flexibility index (Phi) is 7.88. The summed E-state index contributed by atoms with van der Waals surface area (Å²) in [5, 5.41) is 7.11. The Hall–Kier alpha value is -3.43. The zero-order chi connectivity index (χ0) is 28.5. The van der Waals surface area contributed by atoms with Crippen LogP contribution in [-0.4, -0.2) is 77.2 Å². The van der Waals surface area contributed by atoms with Crippen molar-refractivity contribution >= 4 is 36.7 Å². The summed E-state index contributed by atoms with van der Waals surface area (Å²) in [6.45, 7) is 9.75. The van der Waals surface area contributed by atoms with Gasteiger partial charge in [0.1, 0.15) is 23.9 Å². The third kappa shape index (κ3) is 6.15. The van der Waals surface area contributed by atoms with Gasteiger partial charge in [-0.3, -0.25) is 0 Å². The Morgan fingerprint density at radius 3 is 2.58 bits per heavy atom. The molecular formula is C25H33F3N8O3Si. The molecule has 1 aliphatic heterocycles. The molecule has 1 aromatic carbocycles. The second-order valence-corrected chi connectivity index (χ2v) is 16.4. The Balaban J connectivity index is 1.47. The SMILES string of the molecule is COc1ccc2c(c1)nc(CNc1nc(N3CCOCC3)nc3c(C(F)(F)F)cnn13)n2COCC[Si](C)(C)C. The van der Waals surface area contributed by atoms with Crippen LogP contribution in [0.1, 0.15) is 11.4 Å². The largest absolute Gasteiger partial charge is 0.497 e. The lowest BCUT2D eigenvalue weighted by atomic mass is 10.3. The number of hydrogen-bond donors (Lipinski definition) is 1. The molecule has 1 N–H and O–H groups in total. The van der Waals surface area contributed by atoms with Crippen LogP contribution >= 0.6 is 0 Å². The van der Waals surface area contributed by atoms with Crippen LogP contribution in [0.4, 0.5) is 25.1 Å². The van der Waals surface area contributed by atoms with Crippen molar-refractivity contribution < 1.29 is 27.4 Å². The minimum Gasteiger partial charge on any atom is -0.497 e. The van der Waals surface area contributed by atoms with E-state index in [1.807, 2.05) is 22.8 Å². The third-order valence-electron chi connectivity index (χ3n) is 6.61. The van der Waals surface area contributed by atoms with Gasteiger partial charge in [-0.2, -0.15) is 32.8 Å². The number of benzene rings is 1. The molecule has 216 valence electrons.